The summed E-state index contributed by atoms with van der Waals surface area (Å²) in [6, 6.07) is -0.543. The van der Waals surface area contributed by atoms with Gasteiger partial charge in [0.1, 0.15) is 0 Å². The molecule has 0 aliphatic carbocycles. The molecule has 2 unspecified atom stereocenters. The van der Waals surface area contributed by atoms with Crippen molar-refractivity contribution in [3.8, 4) is 0 Å². The number of esters is 1. The van der Waals surface area contributed by atoms with Crippen LogP contribution in [0.15, 0.2) is 12.2 Å². The second-order valence-electron chi connectivity index (χ2n) is 17.9. The molecule has 0 aromatic rings. The van der Waals surface area contributed by atoms with Gasteiger partial charge in [0, 0.05) is 12.8 Å². The maximum atomic E-state index is 12.4. The van der Waals surface area contributed by atoms with Crippen LogP contribution >= 0.6 is 0 Å². The van der Waals surface area contributed by atoms with Crippen molar-refractivity contribution in [2.24, 2.45) is 0 Å². The van der Waals surface area contributed by atoms with Gasteiger partial charge in [-0.3, -0.25) is 9.59 Å². The molecule has 58 heavy (non-hydrogen) atoms. The lowest BCUT2D eigenvalue weighted by Gasteiger charge is -2.22. The summed E-state index contributed by atoms with van der Waals surface area (Å²) in [6.45, 7) is 4.92. The summed E-state index contributed by atoms with van der Waals surface area (Å²) >= 11 is 0. The summed E-state index contributed by atoms with van der Waals surface area (Å²) < 4.78 is 5.45. The molecule has 0 saturated heterocycles. The van der Waals surface area contributed by atoms with Crippen molar-refractivity contribution in [2.75, 3.05) is 13.2 Å². The molecular weight excluding hydrogens is 719 g/mol. The molecule has 2 atom stereocenters. The van der Waals surface area contributed by atoms with Crippen molar-refractivity contribution in [1.29, 1.82) is 0 Å². The summed E-state index contributed by atoms with van der Waals surface area (Å²) in [5, 5.41) is 23.1. The number of carbonyl (C=O) groups excluding carboxylic acids is 2. The molecule has 0 rings (SSSR count). The second-order valence-corrected chi connectivity index (χ2v) is 17.9. The van der Waals surface area contributed by atoms with Crippen LogP contribution in [0.5, 0.6) is 0 Å². The Morgan fingerprint density at radius 2 is 0.810 bits per heavy atom. The summed E-state index contributed by atoms with van der Waals surface area (Å²) in [4.78, 5) is 24.3. The first-order chi connectivity index (χ1) is 28.5. The van der Waals surface area contributed by atoms with Gasteiger partial charge >= 0.3 is 5.97 Å². The molecule has 6 heteroatoms. The molecule has 6 nitrogen and oxygen atoms in total. The topological polar surface area (TPSA) is 95.9 Å². The van der Waals surface area contributed by atoms with E-state index in [9.17, 15) is 19.8 Å². The van der Waals surface area contributed by atoms with Gasteiger partial charge in [0.15, 0.2) is 0 Å². The quantitative estimate of drug-likeness (QED) is 0.0323. The van der Waals surface area contributed by atoms with Crippen LogP contribution < -0.4 is 5.32 Å². The van der Waals surface area contributed by atoms with E-state index < -0.39 is 12.1 Å². The Morgan fingerprint density at radius 1 is 0.466 bits per heavy atom. The highest BCUT2D eigenvalue weighted by atomic mass is 16.5. The van der Waals surface area contributed by atoms with Gasteiger partial charge in [0.25, 0.3) is 0 Å². The molecule has 0 fully saturated rings. The number of nitrogens with one attached hydrogen (secondary N) is 1. The van der Waals surface area contributed by atoms with E-state index in [-0.39, 0.29) is 18.5 Å². The number of hydrogen-bond acceptors (Lipinski definition) is 5. The first kappa shape index (κ1) is 56.6. The Kier molecular flexibility index (Phi) is 47.1. The molecule has 0 aromatic carbocycles. The Balaban J connectivity index is 3.40. The second kappa shape index (κ2) is 48.3. The van der Waals surface area contributed by atoms with Crippen LogP contribution in [0, 0.1) is 0 Å². The first-order valence-electron chi connectivity index (χ1n) is 25.9. The van der Waals surface area contributed by atoms with E-state index in [2.05, 4.69) is 31.3 Å². The average Bonchev–Trinajstić information content (AvgIpc) is 3.22. The number of hydrogen-bond donors (Lipinski definition) is 3. The van der Waals surface area contributed by atoms with E-state index in [4.69, 9.17) is 4.74 Å². The molecule has 0 aromatic heterocycles. The van der Waals surface area contributed by atoms with Crippen molar-refractivity contribution >= 4 is 11.9 Å². The lowest BCUT2D eigenvalue weighted by Crippen LogP contribution is -2.45. The number of ether oxygens (including phenoxy) is 1. The van der Waals surface area contributed by atoms with E-state index >= 15 is 0 Å². The summed E-state index contributed by atoms with van der Waals surface area (Å²) in [5.74, 6) is -0.0372. The number of carbonyl (C=O) groups is 2. The lowest BCUT2D eigenvalue weighted by atomic mass is 10.0. The number of amides is 1. The predicted molar refractivity (Wildman–Crippen MR) is 250 cm³/mol. The fourth-order valence-electron chi connectivity index (χ4n) is 8.05. The maximum absolute atomic E-state index is 12.4. The van der Waals surface area contributed by atoms with Crippen molar-refractivity contribution in [3.05, 3.63) is 12.2 Å². The van der Waals surface area contributed by atoms with E-state index in [0.717, 1.165) is 38.5 Å². The standard InChI is InChI=1S/C52H101NO5/c1-3-5-7-9-11-13-25-30-34-38-42-46-52(57)58-47-43-39-35-31-27-24-22-20-18-16-14-15-17-19-21-23-26-29-33-37-41-45-51(56)53-49(48-54)50(55)44-40-36-32-28-12-10-8-6-4-2/h15,17,49-50,54-55H,3-14,16,18-48H2,1-2H3,(H,53,56)/b17-15-. The number of unbranched alkanes of at least 4 members (excludes halogenated alkanes) is 35. The van der Waals surface area contributed by atoms with Crippen molar-refractivity contribution in [2.45, 2.75) is 296 Å². The van der Waals surface area contributed by atoms with E-state index in [1.54, 1.807) is 0 Å². The highest BCUT2D eigenvalue weighted by Gasteiger charge is 2.20. The van der Waals surface area contributed by atoms with Crippen molar-refractivity contribution in [3.63, 3.8) is 0 Å². The molecule has 0 heterocycles. The van der Waals surface area contributed by atoms with Crippen molar-refractivity contribution in [1.82, 2.24) is 5.32 Å². The zero-order valence-electron chi connectivity index (χ0n) is 39.0. The van der Waals surface area contributed by atoms with Crippen LogP contribution in [0.4, 0.5) is 0 Å². The fraction of sp³-hybridized carbons (Fsp3) is 0.923. The number of aliphatic hydroxyl groups is 2. The number of rotatable bonds is 48. The van der Waals surface area contributed by atoms with Crippen LogP contribution in [0.3, 0.4) is 0 Å². The summed E-state index contributed by atoms with van der Waals surface area (Å²) in [7, 11) is 0. The minimum atomic E-state index is -0.665. The molecule has 1 amide bonds. The highest BCUT2D eigenvalue weighted by Crippen LogP contribution is 2.16. The van der Waals surface area contributed by atoms with E-state index in [0.29, 0.717) is 25.9 Å². The van der Waals surface area contributed by atoms with E-state index in [1.807, 2.05) is 0 Å². The molecule has 0 bridgehead atoms. The maximum Gasteiger partial charge on any atom is 0.305 e. The summed E-state index contributed by atoms with van der Waals surface area (Å²) in [5.41, 5.74) is 0. The van der Waals surface area contributed by atoms with Gasteiger partial charge < -0.3 is 20.3 Å². The van der Waals surface area contributed by atoms with Gasteiger partial charge in [-0.05, 0) is 51.4 Å². The average molecular weight is 820 g/mol. The summed E-state index contributed by atoms with van der Waals surface area (Å²) in [6.07, 6.45) is 54.8. The van der Waals surface area contributed by atoms with Crippen LogP contribution in [0.2, 0.25) is 0 Å². The van der Waals surface area contributed by atoms with Crippen LogP contribution in [-0.2, 0) is 14.3 Å². The SMILES string of the molecule is CCCCCCCCCCCCCC(=O)OCCCCCCCCCCCC/C=C\CCCCCCCCCC(=O)NC(CO)C(O)CCCCCCCCCCC. The zero-order chi connectivity index (χ0) is 42.3. The van der Waals surface area contributed by atoms with Gasteiger partial charge in [-0.2, -0.15) is 0 Å². The van der Waals surface area contributed by atoms with Crippen molar-refractivity contribution < 1.29 is 24.5 Å². The minimum Gasteiger partial charge on any atom is -0.466 e. The van der Waals surface area contributed by atoms with Gasteiger partial charge in [-0.15, -0.1) is 0 Å². The molecule has 0 aliphatic heterocycles. The third-order valence-electron chi connectivity index (χ3n) is 12.1. The molecular formula is C52H101NO5. The molecule has 344 valence electrons. The smallest absolute Gasteiger partial charge is 0.305 e. The molecule has 3 N–H and O–H groups in total. The largest absolute Gasteiger partial charge is 0.466 e. The number of allylic oxidation sites excluding steroid dienone is 2. The monoisotopic (exact) mass is 820 g/mol. The molecule has 0 radical (unpaired) electrons. The third-order valence-corrected chi connectivity index (χ3v) is 12.1. The van der Waals surface area contributed by atoms with E-state index in [1.165, 1.54) is 212 Å². The predicted octanol–water partition coefficient (Wildman–Crippen LogP) is 15.3. The molecule has 0 spiro atoms. The number of aliphatic hydroxyl groups excluding tert-OH is 2. The minimum absolute atomic E-state index is 0.00771. The van der Waals surface area contributed by atoms with Crippen LogP contribution in [-0.4, -0.2) is 47.4 Å². The van der Waals surface area contributed by atoms with Gasteiger partial charge in [0.05, 0.1) is 25.4 Å². The van der Waals surface area contributed by atoms with Gasteiger partial charge in [-0.25, -0.2) is 0 Å². The van der Waals surface area contributed by atoms with Gasteiger partial charge in [0.2, 0.25) is 5.91 Å². The van der Waals surface area contributed by atoms with Gasteiger partial charge in [-0.1, -0.05) is 231 Å². The fourth-order valence-corrected chi connectivity index (χ4v) is 8.05. The molecule has 0 aliphatic rings. The highest BCUT2D eigenvalue weighted by molar-refractivity contribution is 5.76. The Hall–Kier alpha value is -1.40. The third kappa shape index (κ3) is 44.2. The first-order valence-corrected chi connectivity index (χ1v) is 25.9. The Bertz CT molecular complexity index is 863. The molecule has 0 saturated carbocycles. The zero-order valence-corrected chi connectivity index (χ0v) is 39.0. The normalized spacial score (nSPS) is 12.7. The Labute approximate surface area is 361 Å². The van der Waals surface area contributed by atoms with Crippen LogP contribution in [0.1, 0.15) is 284 Å². The lowest BCUT2D eigenvalue weighted by molar-refractivity contribution is -0.143. The Morgan fingerprint density at radius 3 is 1.22 bits per heavy atom. The van der Waals surface area contributed by atoms with Crippen LogP contribution in [0.25, 0.3) is 0 Å².